The van der Waals surface area contributed by atoms with Crippen molar-refractivity contribution < 1.29 is 9.72 Å². The molecule has 120 valence electrons. The lowest BCUT2D eigenvalue weighted by atomic mass is 10.2. The maximum atomic E-state index is 12.6. The Kier molecular flexibility index (Phi) is 4.73. The molecule has 0 saturated carbocycles. The lowest BCUT2D eigenvalue weighted by Crippen LogP contribution is -2.27. The number of amides is 1. The van der Waals surface area contributed by atoms with Gasteiger partial charge in [0.25, 0.3) is 11.6 Å². The van der Waals surface area contributed by atoms with Gasteiger partial charge in [0.1, 0.15) is 4.32 Å². The van der Waals surface area contributed by atoms with Crippen LogP contribution in [-0.4, -0.2) is 20.1 Å². The summed E-state index contributed by atoms with van der Waals surface area (Å²) in [5.74, 6) is -0.180. The summed E-state index contributed by atoms with van der Waals surface area (Å²) < 4.78 is 0.487. The van der Waals surface area contributed by atoms with Crippen LogP contribution in [0.25, 0.3) is 6.08 Å². The van der Waals surface area contributed by atoms with E-state index in [1.165, 1.54) is 23.9 Å². The van der Waals surface area contributed by atoms with Crippen LogP contribution in [0.2, 0.25) is 0 Å². The molecule has 1 aliphatic heterocycles. The number of benzene rings is 2. The lowest BCUT2D eigenvalue weighted by molar-refractivity contribution is -0.384. The van der Waals surface area contributed by atoms with E-state index >= 15 is 0 Å². The molecule has 0 radical (unpaired) electrons. The summed E-state index contributed by atoms with van der Waals surface area (Å²) in [4.78, 5) is 25.0. The van der Waals surface area contributed by atoms with Crippen molar-refractivity contribution in [1.29, 1.82) is 0 Å². The molecule has 7 heteroatoms. The molecule has 0 N–H and O–H groups in total. The number of hydrogen-bond donors (Lipinski definition) is 0. The fraction of sp³-hybridized carbons (Fsp3) is 0.0588. The van der Waals surface area contributed by atoms with E-state index in [9.17, 15) is 14.9 Å². The third-order valence-corrected chi connectivity index (χ3v) is 4.81. The van der Waals surface area contributed by atoms with Gasteiger partial charge in [0.15, 0.2) is 0 Å². The highest BCUT2D eigenvalue weighted by Gasteiger charge is 2.31. The summed E-state index contributed by atoms with van der Waals surface area (Å²) >= 11 is 6.51. The second-order valence-corrected chi connectivity index (χ2v) is 6.78. The van der Waals surface area contributed by atoms with Crippen LogP contribution in [0.4, 0.5) is 5.69 Å². The van der Waals surface area contributed by atoms with Crippen molar-refractivity contribution >= 4 is 46.0 Å². The van der Waals surface area contributed by atoms with E-state index in [2.05, 4.69) is 0 Å². The summed E-state index contributed by atoms with van der Waals surface area (Å²) in [7, 11) is 0. The second kappa shape index (κ2) is 6.94. The van der Waals surface area contributed by atoms with Gasteiger partial charge >= 0.3 is 0 Å². The van der Waals surface area contributed by atoms with Crippen molar-refractivity contribution in [2.45, 2.75) is 6.54 Å². The van der Waals surface area contributed by atoms with Crippen molar-refractivity contribution in [1.82, 2.24) is 4.90 Å². The van der Waals surface area contributed by atoms with Crippen molar-refractivity contribution in [3.05, 3.63) is 80.7 Å². The Balaban J connectivity index is 1.83. The molecular weight excluding hydrogens is 344 g/mol. The normalized spacial score (nSPS) is 16.0. The fourth-order valence-electron chi connectivity index (χ4n) is 2.28. The zero-order valence-corrected chi connectivity index (χ0v) is 14.0. The zero-order valence-electron chi connectivity index (χ0n) is 12.4. The molecule has 1 aliphatic rings. The number of non-ortho nitro benzene ring substituents is 1. The molecule has 24 heavy (non-hydrogen) atoms. The van der Waals surface area contributed by atoms with E-state index in [0.29, 0.717) is 21.3 Å². The van der Waals surface area contributed by atoms with Crippen molar-refractivity contribution in [3.8, 4) is 0 Å². The summed E-state index contributed by atoms with van der Waals surface area (Å²) in [6, 6.07) is 15.8. The monoisotopic (exact) mass is 356 g/mol. The number of hydrogen-bond acceptors (Lipinski definition) is 5. The number of thioether (sulfide) groups is 1. The Morgan fingerprint density at radius 2 is 1.92 bits per heavy atom. The van der Waals surface area contributed by atoms with Gasteiger partial charge in [0, 0.05) is 12.1 Å². The number of nitro groups is 1. The van der Waals surface area contributed by atoms with E-state index in [0.717, 1.165) is 5.56 Å². The van der Waals surface area contributed by atoms with Crippen LogP contribution in [0.5, 0.6) is 0 Å². The smallest absolute Gasteiger partial charge is 0.270 e. The maximum absolute atomic E-state index is 12.6. The van der Waals surface area contributed by atoms with Crippen LogP contribution in [0, 0.1) is 10.1 Å². The molecule has 2 aromatic carbocycles. The van der Waals surface area contributed by atoms with Gasteiger partial charge in [0.05, 0.1) is 16.4 Å². The third kappa shape index (κ3) is 3.52. The van der Waals surface area contributed by atoms with Crippen molar-refractivity contribution in [2.24, 2.45) is 0 Å². The molecule has 5 nitrogen and oxygen atoms in total. The van der Waals surface area contributed by atoms with E-state index in [1.54, 1.807) is 23.1 Å². The Bertz CT molecular complexity index is 850. The quantitative estimate of drug-likeness (QED) is 0.359. The Morgan fingerprint density at radius 1 is 1.17 bits per heavy atom. The molecular formula is C17H12N2O3S2. The Morgan fingerprint density at radius 3 is 2.62 bits per heavy atom. The minimum absolute atomic E-state index is 0.0106. The largest absolute Gasteiger partial charge is 0.288 e. The second-order valence-electron chi connectivity index (χ2n) is 5.11. The zero-order chi connectivity index (χ0) is 17.1. The number of carbonyl (C=O) groups is 1. The van der Waals surface area contributed by atoms with Crippen LogP contribution >= 0.6 is 24.0 Å². The first-order valence-electron chi connectivity index (χ1n) is 7.08. The predicted octanol–water partition coefficient (Wildman–Crippen LogP) is 4.00. The molecule has 0 spiro atoms. The molecule has 0 aliphatic carbocycles. The number of rotatable bonds is 4. The molecule has 1 heterocycles. The van der Waals surface area contributed by atoms with Crippen LogP contribution in [0.15, 0.2) is 59.5 Å². The van der Waals surface area contributed by atoms with Gasteiger partial charge in [-0.25, -0.2) is 0 Å². The van der Waals surface area contributed by atoms with E-state index in [-0.39, 0.29) is 11.6 Å². The molecule has 2 aromatic rings. The van der Waals surface area contributed by atoms with Gasteiger partial charge in [-0.3, -0.25) is 19.8 Å². The average Bonchev–Trinajstić information content (AvgIpc) is 2.83. The highest BCUT2D eigenvalue weighted by atomic mass is 32.2. The van der Waals surface area contributed by atoms with Crippen LogP contribution in [-0.2, 0) is 11.3 Å². The minimum atomic E-state index is -0.460. The number of nitrogens with zero attached hydrogens (tertiary/aromatic N) is 2. The van der Waals surface area contributed by atoms with Gasteiger partial charge in [0.2, 0.25) is 0 Å². The highest BCUT2D eigenvalue weighted by Crippen LogP contribution is 2.33. The molecule has 0 bridgehead atoms. The van der Waals surface area contributed by atoms with E-state index < -0.39 is 4.92 Å². The third-order valence-electron chi connectivity index (χ3n) is 3.44. The van der Waals surface area contributed by atoms with Crippen LogP contribution in [0.3, 0.4) is 0 Å². The van der Waals surface area contributed by atoms with Gasteiger partial charge in [-0.2, -0.15) is 0 Å². The van der Waals surface area contributed by atoms with Gasteiger partial charge < -0.3 is 0 Å². The first-order chi connectivity index (χ1) is 11.5. The van der Waals surface area contributed by atoms with E-state index in [4.69, 9.17) is 12.2 Å². The van der Waals surface area contributed by atoms with Gasteiger partial charge in [-0.05, 0) is 17.2 Å². The highest BCUT2D eigenvalue weighted by molar-refractivity contribution is 8.26. The van der Waals surface area contributed by atoms with Crippen molar-refractivity contribution in [2.75, 3.05) is 0 Å². The molecule has 1 saturated heterocycles. The van der Waals surface area contributed by atoms with Crippen LogP contribution < -0.4 is 0 Å². The van der Waals surface area contributed by atoms with Crippen LogP contribution in [0.1, 0.15) is 11.1 Å². The van der Waals surface area contributed by atoms with Gasteiger partial charge in [-0.1, -0.05) is 66.4 Å². The van der Waals surface area contributed by atoms with Gasteiger partial charge in [-0.15, -0.1) is 0 Å². The number of nitro benzene ring substituents is 1. The maximum Gasteiger partial charge on any atom is 0.270 e. The molecule has 1 amide bonds. The summed E-state index contributed by atoms with van der Waals surface area (Å²) in [5, 5.41) is 10.8. The summed E-state index contributed by atoms with van der Waals surface area (Å²) in [5.41, 5.74) is 1.58. The Labute approximate surface area is 148 Å². The number of carbonyl (C=O) groups excluding carboxylic acids is 1. The molecule has 0 aromatic heterocycles. The fourth-order valence-corrected chi connectivity index (χ4v) is 3.54. The SMILES string of the molecule is O=C1/C(=C/c2cccc([N+](=O)[O-])c2)SC(=S)N1Cc1ccccc1. The summed E-state index contributed by atoms with van der Waals surface area (Å²) in [6.45, 7) is 0.414. The first kappa shape index (κ1) is 16.4. The molecule has 3 rings (SSSR count). The average molecular weight is 356 g/mol. The number of thiocarbonyl (C=S) groups is 1. The summed E-state index contributed by atoms with van der Waals surface area (Å²) in [6.07, 6.45) is 1.64. The molecule has 0 unspecified atom stereocenters. The molecule has 1 fully saturated rings. The minimum Gasteiger partial charge on any atom is -0.288 e. The topological polar surface area (TPSA) is 63.4 Å². The standard InChI is InChI=1S/C17H12N2O3S2/c20-16-15(10-13-7-4-8-14(9-13)19(21)22)24-17(23)18(16)11-12-5-2-1-3-6-12/h1-10H,11H2/b15-10-. The first-order valence-corrected chi connectivity index (χ1v) is 8.31. The molecule has 0 atom stereocenters. The van der Waals surface area contributed by atoms with Crippen molar-refractivity contribution in [3.63, 3.8) is 0 Å². The Hall–Kier alpha value is -2.51. The lowest BCUT2D eigenvalue weighted by Gasteiger charge is -2.14. The predicted molar refractivity (Wildman–Crippen MR) is 98.3 cm³/mol. The van der Waals surface area contributed by atoms with E-state index in [1.807, 2.05) is 30.3 Å².